The summed E-state index contributed by atoms with van der Waals surface area (Å²) in [6.45, 7) is 4.37. The second-order valence-corrected chi connectivity index (χ2v) is 12.5. The van der Waals surface area contributed by atoms with Crippen molar-refractivity contribution < 1.29 is 13.2 Å². The van der Waals surface area contributed by atoms with Gasteiger partial charge in [0.2, 0.25) is 15.9 Å². The molecule has 1 amide bonds. The molecule has 0 bridgehead atoms. The van der Waals surface area contributed by atoms with E-state index in [2.05, 4.69) is 5.32 Å². The minimum atomic E-state index is -3.66. The van der Waals surface area contributed by atoms with Crippen LogP contribution < -0.4 is 10.2 Å². The van der Waals surface area contributed by atoms with Gasteiger partial charge in [-0.2, -0.15) is 0 Å². The third kappa shape index (κ3) is 5.33. The Bertz CT molecular complexity index is 1400. The minimum absolute atomic E-state index is 0.0394. The fourth-order valence-electron chi connectivity index (χ4n) is 4.18. The Labute approximate surface area is 212 Å². The number of carbonyl (C=O) groups excluding carboxylic acids is 1. The number of nitrogens with one attached hydrogen (secondary N) is 1. The Balaban J connectivity index is 1.46. The lowest BCUT2D eigenvalue weighted by molar-refractivity contribution is -0.120. The summed E-state index contributed by atoms with van der Waals surface area (Å²) < 4.78 is 29.9. The molecule has 2 heterocycles. The lowest BCUT2D eigenvalue weighted by atomic mass is 9.98. The van der Waals surface area contributed by atoms with E-state index in [1.54, 1.807) is 28.8 Å². The molecule has 11 heteroatoms. The zero-order valence-corrected chi connectivity index (χ0v) is 21.9. The molecule has 34 heavy (non-hydrogen) atoms. The van der Waals surface area contributed by atoms with Gasteiger partial charge in [0, 0.05) is 34.9 Å². The van der Waals surface area contributed by atoms with Crippen molar-refractivity contribution in [2.75, 3.05) is 18.4 Å². The van der Waals surface area contributed by atoms with Crippen LogP contribution >= 0.6 is 34.5 Å². The topological polar surface area (TPSA) is 88.5 Å². The van der Waals surface area contributed by atoms with Crippen LogP contribution in [0, 0.1) is 5.92 Å². The fraction of sp³-hybridized carbons (Fsp3) is 0.391. The van der Waals surface area contributed by atoms with Crippen LogP contribution in [-0.2, 0) is 20.6 Å². The first-order valence-corrected chi connectivity index (χ1v) is 14.1. The quantitative estimate of drug-likeness (QED) is 0.468. The van der Waals surface area contributed by atoms with Gasteiger partial charge in [0.1, 0.15) is 0 Å². The van der Waals surface area contributed by atoms with Gasteiger partial charge in [-0.3, -0.25) is 14.2 Å². The monoisotopic (exact) mass is 541 g/mol. The molecular weight excluding hydrogens is 517 g/mol. The zero-order chi connectivity index (χ0) is 24.6. The highest BCUT2D eigenvalue weighted by molar-refractivity contribution is 7.88. The molecule has 0 radical (unpaired) electrons. The second kappa shape index (κ2) is 9.99. The third-order valence-electron chi connectivity index (χ3n) is 5.90. The molecule has 1 atom stereocenters. The number of carbonyl (C=O) groups is 1. The molecule has 1 aromatic heterocycles. The number of aromatic nitrogens is 1. The average molecular weight is 543 g/mol. The first-order valence-electron chi connectivity index (χ1n) is 10.9. The van der Waals surface area contributed by atoms with E-state index >= 15 is 0 Å². The molecule has 182 valence electrons. The highest BCUT2D eigenvalue weighted by atomic mass is 35.5. The van der Waals surface area contributed by atoms with Crippen LogP contribution in [0.4, 0.5) is 5.69 Å². The lowest BCUT2D eigenvalue weighted by Gasteiger charge is -2.31. The van der Waals surface area contributed by atoms with Gasteiger partial charge in [-0.1, -0.05) is 40.6 Å². The second-order valence-electron chi connectivity index (χ2n) is 8.69. The largest absolute Gasteiger partial charge is 0.326 e. The van der Waals surface area contributed by atoms with Crippen molar-refractivity contribution in [3.8, 4) is 0 Å². The summed E-state index contributed by atoms with van der Waals surface area (Å²) in [5, 5.41) is 3.63. The maximum atomic E-state index is 13.0. The summed E-state index contributed by atoms with van der Waals surface area (Å²) >= 11 is 13.2. The Morgan fingerprint density at radius 1 is 1.21 bits per heavy atom. The van der Waals surface area contributed by atoms with E-state index in [4.69, 9.17) is 23.2 Å². The Hall–Kier alpha value is -1.91. The van der Waals surface area contributed by atoms with E-state index in [1.165, 1.54) is 10.4 Å². The standard InChI is InChI=1S/C23H25Cl2N3O4S2/c1-14(2)28-20-8-7-18(11-21(20)33-23(28)30)26-22(29)15-4-3-9-27(12-15)34(31,32)13-16-5-6-17(24)10-19(16)25/h5-8,10-11,14-15H,3-4,9,12-13H2,1-2H3,(H,26,29)/t15-/m0/s1. The number of sulfonamides is 1. The van der Waals surface area contributed by atoms with Crippen molar-refractivity contribution in [2.24, 2.45) is 5.92 Å². The van der Waals surface area contributed by atoms with Gasteiger partial charge < -0.3 is 5.32 Å². The average Bonchev–Trinajstić information content (AvgIpc) is 3.11. The summed E-state index contributed by atoms with van der Waals surface area (Å²) in [6, 6.07) is 10.2. The number of fused-ring (bicyclic) bond motifs is 1. The van der Waals surface area contributed by atoms with Crippen LogP contribution in [0.3, 0.4) is 0 Å². The molecule has 3 aromatic rings. The highest BCUT2D eigenvalue weighted by Gasteiger charge is 2.33. The van der Waals surface area contributed by atoms with Crippen LogP contribution in [0.25, 0.3) is 10.2 Å². The van der Waals surface area contributed by atoms with Crippen LogP contribution in [-0.4, -0.2) is 36.3 Å². The summed E-state index contributed by atoms with van der Waals surface area (Å²) in [5.74, 6) is -0.960. The predicted octanol–water partition coefficient (Wildman–Crippen LogP) is 5.13. The normalized spacial score (nSPS) is 17.4. The van der Waals surface area contributed by atoms with Crippen molar-refractivity contribution in [1.29, 1.82) is 0 Å². The molecule has 0 unspecified atom stereocenters. The molecule has 2 aromatic carbocycles. The van der Waals surface area contributed by atoms with Crippen molar-refractivity contribution in [3.63, 3.8) is 0 Å². The lowest BCUT2D eigenvalue weighted by Crippen LogP contribution is -2.44. The zero-order valence-electron chi connectivity index (χ0n) is 18.8. The number of rotatable bonds is 6. The molecule has 1 aliphatic rings. The summed E-state index contributed by atoms with van der Waals surface area (Å²) in [4.78, 5) is 25.2. The van der Waals surface area contributed by atoms with Gasteiger partial charge in [0.25, 0.3) is 0 Å². The maximum absolute atomic E-state index is 13.0. The number of amides is 1. The summed E-state index contributed by atoms with van der Waals surface area (Å²) in [5.41, 5.74) is 1.89. The summed E-state index contributed by atoms with van der Waals surface area (Å²) in [6.07, 6.45) is 1.18. The summed E-state index contributed by atoms with van der Waals surface area (Å²) in [7, 11) is -3.66. The Morgan fingerprint density at radius 2 is 1.97 bits per heavy atom. The molecule has 4 rings (SSSR count). The van der Waals surface area contributed by atoms with Crippen LogP contribution in [0.15, 0.2) is 41.2 Å². The smallest absolute Gasteiger partial charge is 0.308 e. The maximum Gasteiger partial charge on any atom is 0.308 e. The van der Waals surface area contributed by atoms with Crippen molar-refractivity contribution in [2.45, 2.75) is 38.5 Å². The van der Waals surface area contributed by atoms with Crippen molar-refractivity contribution in [3.05, 3.63) is 61.7 Å². The first kappa shape index (κ1) is 25.2. The van der Waals surface area contributed by atoms with Crippen LogP contribution in [0.5, 0.6) is 0 Å². The molecule has 1 fully saturated rings. The highest BCUT2D eigenvalue weighted by Crippen LogP contribution is 2.28. The van der Waals surface area contributed by atoms with E-state index in [1.807, 2.05) is 19.9 Å². The van der Waals surface area contributed by atoms with Gasteiger partial charge >= 0.3 is 4.87 Å². The van der Waals surface area contributed by atoms with E-state index in [9.17, 15) is 18.0 Å². The molecule has 1 N–H and O–H groups in total. The van der Waals surface area contributed by atoms with Crippen molar-refractivity contribution >= 4 is 66.4 Å². The van der Waals surface area contributed by atoms with E-state index in [0.717, 1.165) is 21.6 Å². The van der Waals surface area contributed by atoms with E-state index < -0.39 is 15.9 Å². The number of anilines is 1. The van der Waals surface area contributed by atoms with Gasteiger partial charge in [-0.25, -0.2) is 12.7 Å². The number of thiazole rings is 1. The van der Waals surface area contributed by atoms with Crippen LogP contribution in [0.2, 0.25) is 10.0 Å². The number of halogens is 2. The minimum Gasteiger partial charge on any atom is -0.326 e. The number of piperidine rings is 1. The Morgan fingerprint density at radius 3 is 2.68 bits per heavy atom. The number of nitrogens with zero attached hydrogens (tertiary/aromatic N) is 2. The molecule has 7 nitrogen and oxygen atoms in total. The van der Waals surface area contributed by atoms with Gasteiger partial charge in [-0.15, -0.1) is 0 Å². The number of benzene rings is 2. The predicted molar refractivity (Wildman–Crippen MR) is 138 cm³/mol. The SMILES string of the molecule is CC(C)n1c(=O)sc2cc(NC(=O)[C@H]3CCCN(S(=O)(=O)Cc4ccc(Cl)cc4Cl)C3)ccc21. The van der Waals surface area contributed by atoms with Gasteiger partial charge in [0.05, 0.1) is 21.9 Å². The van der Waals surface area contributed by atoms with E-state index in [-0.39, 0.29) is 29.1 Å². The Kier molecular flexibility index (Phi) is 7.40. The van der Waals surface area contributed by atoms with Crippen LogP contribution in [0.1, 0.15) is 38.3 Å². The van der Waals surface area contributed by atoms with E-state index in [0.29, 0.717) is 40.7 Å². The fourth-order valence-corrected chi connectivity index (χ4v) is 7.43. The first-order chi connectivity index (χ1) is 16.0. The van der Waals surface area contributed by atoms with Gasteiger partial charge in [0.15, 0.2) is 0 Å². The van der Waals surface area contributed by atoms with Gasteiger partial charge in [-0.05, 0) is 62.6 Å². The number of hydrogen-bond acceptors (Lipinski definition) is 5. The molecule has 1 saturated heterocycles. The van der Waals surface area contributed by atoms with Crippen molar-refractivity contribution in [1.82, 2.24) is 8.87 Å². The number of hydrogen-bond donors (Lipinski definition) is 1. The molecule has 0 saturated carbocycles. The molecule has 0 aliphatic carbocycles. The molecule has 1 aliphatic heterocycles. The third-order valence-corrected chi connectivity index (χ3v) is 9.20. The molecular formula is C23H25Cl2N3O4S2. The molecule has 0 spiro atoms.